The van der Waals surface area contributed by atoms with Crippen LogP contribution in [0, 0.1) is 5.82 Å². The number of halogens is 1. The Morgan fingerprint density at radius 3 is 2.21 bits per heavy atom. The minimum Gasteiger partial charge on any atom is -0.444 e. The molecule has 1 aliphatic carbocycles. The van der Waals surface area contributed by atoms with E-state index in [-0.39, 0.29) is 4.90 Å². The molecule has 0 heterocycles. The van der Waals surface area contributed by atoms with E-state index in [0.29, 0.717) is 11.8 Å². The lowest BCUT2D eigenvalue weighted by Gasteiger charge is -2.22. The molecule has 1 fully saturated rings. The van der Waals surface area contributed by atoms with E-state index in [1.165, 1.54) is 36.4 Å². The van der Waals surface area contributed by atoms with E-state index in [1.807, 2.05) is 0 Å². The van der Waals surface area contributed by atoms with Crippen molar-refractivity contribution in [2.24, 2.45) is 0 Å². The lowest BCUT2D eigenvalue weighted by atomic mass is 10.1. The molecular weight excluding hydrogens is 397 g/mol. The summed E-state index contributed by atoms with van der Waals surface area (Å²) in [6, 6.07) is 12.9. The van der Waals surface area contributed by atoms with Crippen molar-refractivity contribution in [3.8, 4) is 0 Å². The number of carbonyl (C=O) groups excluding carboxylic acids is 2. The van der Waals surface area contributed by atoms with Crippen LogP contribution in [0.2, 0.25) is 0 Å². The highest BCUT2D eigenvalue weighted by Crippen LogP contribution is 2.56. The van der Waals surface area contributed by atoms with Crippen LogP contribution in [0.5, 0.6) is 0 Å². The molecule has 1 aliphatic rings. The summed E-state index contributed by atoms with van der Waals surface area (Å²) >= 11 is 0. The minimum atomic E-state index is -3.98. The smallest absolute Gasteiger partial charge is 0.408 e. The van der Waals surface area contributed by atoms with Gasteiger partial charge in [-0.3, -0.25) is 0 Å². The van der Waals surface area contributed by atoms with Crippen LogP contribution in [0.4, 0.5) is 9.18 Å². The van der Waals surface area contributed by atoms with Crippen molar-refractivity contribution < 1.29 is 27.1 Å². The number of benzene rings is 2. The zero-order valence-electron chi connectivity index (χ0n) is 16.3. The van der Waals surface area contributed by atoms with Crippen molar-refractivity contribution in [3.05, 3.63) is 66.0 Å². The number of hydrogen-bond donors (Lipinski definition) is 1. The number of sulfone groups is 1. The second-order valence-electron chi connectivity index (χ2n) is 7.99. The molecular formula is C21H22FNO5S. The van der Waals surface area contributed by atoms with Gasteiger partial charge in [-0.15, -0.1) is 0 Å². The van der Waals surface area contributed by atoms with Gasteiger partial charge in [-0.2, -0.15) is 0 Å². The molecule has 2 aromatic carbocycles. The van der Waals surface area contributed by atoms with Crippen molar-refractivity contribution >= 4 is 22.2 Å². The van der Waals surface area contributed by atoms with Crippen LogP contribution in [0.25, 0.3) is 0 Å². The molecule has 1 saturated carbocycles. The fraction of sp³-hybridized carbons (Fsp3) is 0.333. The summed E-state index contributed by atoms with van der Waals surface area (Å²) in [5.74, 6) is -1.37. The van der Waals surface area contributed by atoms with Gasteiger partial charge in [0.15, 0.2) is 9.84 Å². The highest BCUT2D eigenvalue weighted by molar-refractivity contribution is 7.92. The van der Waals surface area contributed by atoms with Gasteiger partial charge in [-0.05, 0) is 50.6 Å². The van der Waals surface area contributed by atoms with Gasteiger partial charge in [-0.25, -0.2) is 17.6 Å². The van der Waals surface area contributed by atoms with E-state index in [4.69, 9.17) is 4.74 Å². The fourth-order valence-electron chi connectivity index (χ4n) is 3.49. The highest BCUT2D eigenvalue weighted by atomic mass is 32.2. The average molecular weight is 419 g/mol. The van der Waals surface area contributed by atoms with Crippen molar-refractivity contribution in [1.29, 1.82) is 0 Å². The fourth-order valence-corrected chi connectivity index (χ4v) is 5.75. The van der Waals surface area contributed by atoms with Crippen LogP contribution < -0.4 is 5.32 Å². The van der Waals surface area contributed by atoms with Crippen LogP contribution >= 0.6 is 0 Å². The predicted octanol–water partition coefficient (Wildman–Crippen LogP) is 3.23. The Labute approximate surface area is 169 Å². The first-order chi connectivity index (χ1) is 13.5. The van der Waals surface area contributed by atoms with Crippen molar-refractivity contribution in [1.82, 2.24) is 5.32 Å². The average Bonchev–Trinajstić information content (AvgIpc) is 3.31. The Balaban J connectivity index is 2.04. The van der Waals surface area contributed by atoms with E-state index in [0.717, 1.165) is 0 Å². The van der Waals surface area contributed by atoms with Gasteiger partial charge in [0.25, 0.3) is 0 Å². The first-order valence-corrected chi connectivity index (χ1v) is 10.6. The number of carbonyl (C=O) groups is 2. The number of ether oxygens (including phenoxy) is 1. The summed E-state index contributed by atoms with van der Waals surface area (Å²) in [6.45, 7) is 4.97. The second kappa shape index (κ2) is 7.26. The van der Waals surface area contributed by atoms with Gasteiger partial charge >= 0.3 is 6.09 Å². The second-order valence-corrected chi connectivity index (χ2v) is 10.1. The third kappa shape index (κ3) is 4.03. The molecule has 0 saturated heterocycles. The maximum absolute atomic E-state index is 13.4. The van der Waals surface area contributed by atoms with Gasteiger partial charge in [0.2, 0.25) is 0 Å². The van der Waals surface area contributed by atoms with Crippen LogP contribution in [-0.4, -0.2) is 37.2 Å². The third-order valence-electron chi connectivity index (χ3n) is 4.73. The molecule has 0 spiro atoms. The molecule has 3 rings (SSSR count). The molecule has 2 aromatic rings. The summed E-state index contributed by atoms with van der Waals surface area (Å²) in [4.78, 5) is 24.5. The van der Waals surface area contributed by atoms with Gasteiger partial charge < -0.3 is 14.8 Å². The van der Waals surface area contributed by atoms with Crippen molar-refractivity contribution in [2.75, 3.05) is 0 Å². The number of alkyl carbamates (subject to hydrolysis) is 1. The molecule has 0 aliphatic heterocycles. The Morgan fingerprint density at radius 2 is 1.69 bits per heavy atom. The molecule has 29 heavy (non-hydrogen) atoms. The van der Waals surface area contributed by atoms with Gasteiger partial charge in [0.1, 0.15) is 28.5 Å². The maximum atomic E-state index is 13.4. The van der Waals surface area contributed by atoms with Gasteiger partial charge in [0, 0.05) is 5.92 Å². The summed E-state index contributed by atoms with van der Waals surface area (Å²) in [6.07, 6.45) is -0.474. The van der Waals surface area contributed by atoms with E-state index >= 15 is 0 Å². The number of aldehydes is 1. The number of rotatable bonds is 5. The molecule has 6 nitrogen and oxygen atoms in total. The van der Waals surface area contributed by atoms with E-state index < -0.39 is 44.1 Å². The van der Waals surface area contributed by atoms with Crippen LogP contribution in [0.3, 0.4) is 0 Å². The topological polar surface area (TPSA) is 89.5 Å². The molecule has 0 bridgehead atoms. The summed E-state index contributed by atoms with van der Waals surface area (Å²) < 4.78 is 45.1. The quantitative estimate of drug-likeness (QED) is 0.752. The van der Waals surface area contributed by atoms with E-state index in [2.05, 4.69) is 5.32 Å². The first kappa shape index (κ1) is 21.0. The SMILES string of the molecule is CC(C)(C)OC(=O)N[C@]1(C=O)[C@H](c2ccc(F)cc2)[C@@H]1S(=O)(=O)c1ccccc1. The largest absolute Gasteiger partial charge is 0.444 e. The molecule has 0 unspecified atom stereocenters. The molecule has 8 heteroatoms. The van der Waals surface area contributed by atoms with Crippen molar-refractivity contribution in [3.63, 3.8) is 0 Å². The van der Waals surface area contributed by atoms with E-state index in [1.54, 1.807) is 39.0 Å². The molecule has 3 atom stereocenters. The van der Waals surface area contributed by atoms with Crippen molar-refractivity contribution in [2.45, 2.75) is 48.0 Å². The lowest BCUT2D eigenvalue weighted by Crippen LogP contribution is -2.45. The summed E-state index contributed by atoms with van der Waals surface area (Å²) in [5.41, 5.74) is -2.11. The van der Waals surface area contributed by atoms with Crippen LogP contribution in [0.15, 0.2) is 59.5 Å². The zero-order chi connectivity index (χ0) is 21.4. The standard InChI is InChI=1S/C21H22FNO5S/c1-20(2,3)28-19(25)23-21(13-24)17(14-9-11-15(22)12-10-14)18(21)29(26,27)16-7-5-4-6-8-16/h4-13,17-18H,1-3H3,(H,23,25)/t17-,18+,21-/m1/s1. The van der Waals surface area contributed by atoms with Gasteiger partial charge in [0.05, 0.1) is 4.90 Å². The Morgan fingerprint density at radius 1 is 1.10 bits per heavy atom. The lowest BCUT2D eigenvalue weighted by molar-refractivity contribution is -0.110. The highest BCUT2D eigenvalue weighted by Gasteiger charge is 2.73. The Hall–Kier alpha value is -2.74. The number of amides is 1. The first-order valence-electron chi connectivity index (χ1n) is 9.03. The minimum absolute atomic E-state index is 0.0341. The number of hydrogen-bond acceptors (Lipinski definition) is 5. The summed E-state index contributed by atoms with van der Waals surface area (Å²) in [5, 5.41) is 1.22. The third-order valence-corrected chi connectivity index (χ3v) is 6.99. The molecule has 1 N–H and O–H groups in total. The molecule has 0 radical (unpaired) electrons. The van der Waals surface area contributed by atoms with Crippen LogP contribution in [0.1, 0.15) is 32.3 Å². The van der Waals surface area contributed by atoms with Gasteiger partial charge in [-0.1, -0.05) is 30.3 Å². The zero-order valence-corrected chi connectivity index (χ0v) is 17.1. The van der Waals surface area contributed by atoms with Crippen LogP contribution in [-0.2, 0) is 19.4 Å². The Bertz CT molecular complexity index is 1020. The summed E-state index contributed by atoms with van der Waals surface area (Å²) in [7, 11) is -3.98. The molecule has 0 aromatic heterocycles. The monoisotopic (exact) mass is 419 g/mol. The molecule has 154 valence electrons. The Kier molecular flexibility index (Phi) is 5.25. The predicted molar refractivity (Wildman–Crippen MR) is 105 cm³/mol. The number of nitrogens with one attached hydrogen (secondary N) is 1. The van der Waals surface area contributed by atoms with E-state index in [9.17, 15) is 22.4 Å². The normalized spacial score (nSPS) is 23.9. The molecule has 1 amide bonds. The maximum Gasteiger partial charge on any atom is 0.408 e.